The van der Waals surface area contributed by atoms with Crippen LogP contribution in [0.15, 0.2) is 29.2 Å². The lowest BCUT2D eigenvalue weighted by molar-refractivity contribution is -0.118. The van der Waals surface area contributed by atoms with Crippen molar-refractivity contribution in [3.05, 3.63) is 40.3 Å². The molecule has 3 rings (SSSR count). The van der Waals surface area contributed by atoms with Crippen LogP contribution in [0.1, 0.15) is 31.5 Å². The summed E-state index contributed by atoms with van der Waals surface area (Å²) in [6.45, 7) is 7.54. The number of hydrogen-bond donors (Lipinski definition) is 3. The highest BCUT2D eigenvalue weighted by Gasteiger charge is 2.27. The van der Waals surface area contributed by atoms with E-state index >= 15 is 0 Å². The standard InChI is InChI=1S/C20H26N6O3S3/c1-11(2)10-15(25-32(28,29)14-8-6-12(3)7-9-14)18(27)22-19-21-13(4)16(31-19)17-23-24-20(30)26(17)5/h6-9,11,15,25H,10H2,1-5H3,(H,24,30)(H,21,22,27)/t15-/m0/s1. The lowest BCUT2D eigenvalue weighted by Gasteiger charge is -2.19. The number of benzene rings is 1. The summed E-state index contributed by atoms with van der Waals surface area (Å²) in [7, 11) is -2.08. The molecule has 1 aromatic carbocycles. The van der Waals surface area contributed by atoms with Gasteiger partial charge in [-0.3, -0.25) is 9.89 Å². The minimum atomic E-state index is -3.86. The Balaban J connectivity index is 1.82. The molecule has 1 atom stereocenters. The van der Waals surface area contributed by atoms with E-state index in [9.17, 15) is 13.2 Å². The maximum Gasteiger partial charge on any atom is 0.244 e. The van der Waals surface area contributed by atoms with Crippen LogP contribution >= 0.6 is 23.6 Å². The molecule has 3 N–H and O–H groups in total. The molecule has 0 unspecified atom stereocenters. The molecule has 2 aromatic heterocycles. The van der Waals surface area contributed by atoms with Gasteiger partial charge in [-0.15, -0.1) is 0 Å². The van der Waals surface area contributed by atoms with Gasteiger partial charge in [-0.2, -0.15) is 9.82 Å². The summed E-state index contributed by atoms with van der Waals surface area (Å²) in [5.74, 6) is 0.239. The molecule has 172 valence electrons. The molecule has 0 aliphatic heterocycles. The number of anilines is 1. The van der Waals surface area contributed by atoms with Gasteiger partial charge in [-0.25, -0.2) is 13.4 Å². The van der Waals surface area contributed by atoms with Gasteiger partial charge < -0.3 is 9.88 Å². The molecular formula is C20H26N6O3S3. The zero-order valence-corrected chi connectivity index (χ0v) is 20.9. The van der Waals surface area contributed by atoms with Crippen molar-refractivity contribution in [1.29, 1.82) is 0 Å². The van der Waals surface area contributed by atoms with E-state index in [1.165, 1.54) is 23.5 Å². The van der Waals surface area contributed by atoms with E-state index in [0.29, 0.717) is 27.8 Å². The third-order valence-corrected chi connectivity index (χ3v) is 7.68. The van der Waals surface area contributed by atoms with Gasteiger partial charge in [0.2, 0.25) is 15.9 Å². The number of amides is 1. The van der Waals surface area contributed by atoms with Crippen LogP contribution in [-0.4, -0.2) is 40.1 Å². The van der Waals surface area contributed by atoms with Gasteiger partial charge in [0.25, 0.3) is 0 Å². The molecule has 0 fully saturated rings. The average Bonchev–Trinajstić information content (AvgIpc) is 3.22. The predicted molar refractivity (Wildman–Crippen MR) is 128 cm³/mol. The molecule has 0 radical (unpaired) electrons. The van der Waals surface area contributed by atoms with Crippen molar-refractivity contribution in [3.63, 3.8) is 0 Å². The Morgan fingerprint density at radius 3 is 2.47 bits per heavy atom. The van der Waals surface area contributed by atoms with Crippen molar-refractivity contribution in [2.45, 2.75) is 45.1 Å². The van der Waals surface area contributed by atoms with Crippen LogP contribution in [0.4, 0.5) is 5.13 Å². The van der Waals surface area contributed by atoms with Crippen molar-refractivity contribution in [1.82, 2.24) is 24.5 Å². The second-order valence-electron chi connectivity index (χ2n) is 7.95. The van der Waals surface area contributed by atoms with E-state index < -0.39 is 22.0 Å². The molecule has 0 saturated heterocycles. The molecular weight excluding hydrogens is 468 g/mol. The first-order valence-electron chi connectivity index (χ1n) is 9.97. The van der Waals surface area contributed by atoms with Gasteiger partial charge in [0.05, 0.1) is 15.5 Å². The Morgan fingerprint density at radius 1 is 1.25 bits per heavy atom. The van der Waals surface area contributed by atoms with Crippen molar-refractivity contribution in [3.8, 4) is 10.7 Å². The summed E-state index contributed by atoms with van der Waals surface area (Å²) < 4.78 is 30.4. The van der Waals surface area contributed by atoms with E-state index in [1.807, 2.05) is 27.7 Å². The average molecular weight is 495 g/mol. The zero-order valence-electron chi connectivity index (χ0n) is 18.5. The van der Waals surface area contributed by atoms with Gasteiger partial charge in [0.1, 0.15) is 6.04 Å². The number of sulfonamides is 1. The minimum Gasteiger partial charge on any atom is -0.303 e. The van der Waals surface area contributed by atoms with Gasteiger partial charge in [-0.05, 0) is 50.5 Å². The second-order valence-corrected chi connectivity index (χ2v) is 11.1. The maximum absolute atomic E-state index is 13.0. The summed E-state index contributed by atoms with van der Waals surface area (Å²) >= 11 is 6.41. The smallest absolute Gasteiger partial charge is 0.244 e. The number of carbonyl (C=O) groups excluding carboxylic acids is 1. The van der Waals surface area contributed by atoms with E-state index in [0.717, 1.165) is 10.4 Å². The normalized spacial score (nSPS) is 12.8. The van der Waals surface area contributed by atoms with E-state index in [4.69, 9.17) is 12.2 Å². The van der Waals surface area contributed by atoms with Gasteiger partial charge >= 0.3 is 0 Å². The largest absolute Gasteiger partial charge is 0.303 e. The molecule has 0 saturated carbocycles. The van der Waals surface area contributed by atoms with Gasteiger partial charge in [-0.1, -0.05) is 42.9 Å². The maximum atomic E-state index is 13.0. The first-order chi connectivity index (χ1) is 15.0. The molecule has 12 heteroatoms. The highest BCUT2D eigenvalue weighted by atomic mass is 32.2. The Kier molecular flexibility index (Phi) is 7.28. The Morgan fingerprint density at radius 2 is 1.91 bits per heavy atom. The van der Waals surface area contributed by atoms with Crippen LogP contribution in [0, 0.1) is 24.5 Å². The third-order valence-electron chi connectivity index (χ3n) is 4.76. The van der Waals surface area contributed by atoms with Crippen molar-refractivity contribution in [2.24, 2.45) is 13.0 Å². The molecule has 2 heterocycles. The molecule has 3 aromatic rings. The van der Waals surface area contributed by atoms with Crippen molar-refractivity contribution in [2.75, 3.05) is 5.32 Å². The van der Waals surface area contributed by atoms with E-state index in [1.54, 1.807) is 23.7 Å². The topological polar surface area (TPSA) is 122 Å². The molecule has 0 bridgehead atoms. The van der Waals surface area contributed by atoms with E-state index in [2.05, 4.69) is 25.2 Å². The second kappa shape index (κ2) is 9.61. The molecule has 1 amide bonds. The van der Waals surface area contributed by atoms with Gasteiger partial charge in [0.15, 0.2) is 15.7 Å². The number of hydrogen-bond acceptors (Lipinski definition) is 7. The Hall–Kier alpha value is -2.41. The fraction of sp³-hybridized carbons (Fsp3) is 0.400. The number of carbonyl (C=O) groups is 1. The summed E-state index contributed by atoms with van der Waals surface area (Å²) in [6.07, 6.45) is 0.335. The number of nitrogens with one attached hydrogen (secondary N) is 3. The summed E-state index contributed by atoms with van der Waals surface area (Å²) in [4.78, 5) is 18.3. The minimum absolute atomic E-state index is 0.0913. The Labute approximate surface area is 196 Å². The summed E-state index contributed by atoms with van der Waals surface area (Å²) in [5.41, 5.74) is 1.63. The fourth-order valence-electron chi connectivity index (χ4n) is 3.05. The number of thiazole rings is 1. The zero-order chi connectivity index (χ0) is 23.6. The Bertz CT molecular complexity index is 1270. The number of aromatic amines is 1. The van der Waals surface area contributed by atoms with Crippen LogP contribution in [0.2, 0.25) is 0 Å². The lowest BCUT2D eigenvalue weighted by Crippen LogP contribution is -2.44. The summed E-state index contributed by atoms with van der Waals surface area (Å²) in [5, 5.41) is 10.1. The SMILES string of the molecule is Cc1ccc(S(=O)(=O)N[C@@H](CC(C)C)C(=O)Nc2nc(C)c(-c3n[nH]c(=S)n3C)s2)cc1. The monoisotopic (exact) mass is 494 g/mol. The fourth-order valence-corrected chi connectivity index (χ4v) is 5.39. The highest BCUT2D eigenvalue weighted by Crippen LogP contribution is 2.31. The first-order valence-corrected chi connectivity index (χ1v) is 12.7. The van der Waals surface area contributed by atoms with Crippen LogP contribution in [-0.2, 0) is 21.9 Å². The first kappa shape index (κ1) is 24.2. The quantitative estimate of drug-likeness (QED) is 0.412. The van der Waals surface area contributed by atoms with Crippen molar-refractivity contribution >= 4 is 44.6 Å². The lowest BCUT2D eigenvalue weighted by atomic mass is 10.0. The van der Waals surface area contributed by atoms with Crippen LogP contribution in [0.25, 0.3) is 10.7 Å². The number of nitrogens with zero attached hydrogens (tertiary/aromatic N) is 3. The summed E-state index contributed by atoms with van der Waals surface area (Å²) in [6, 6.07) is 5.53. The van der Waals surface area contributed by atoms with Crippen LogP contribution in [0.5, 0.6) is 0 Å². The number of aromatic nitrogens is 4. The third kappa shape index (κ3) is 5.49. The van der Waals surface area contributed by atoms with E-state index in [-0.39, 0.29) is 10.8 Å². The molecule has 0 aliphatic rings. The van der Waals surface area contributed by atoms with Gasteiger partial charge in [0, 0.05) is 7.05 Å². The number of aryl methyl sites for hydroxylation is 2. The predicted octanol–water partition coefficient (Wildman–Crippen LogP) is 3.55. The molecule has 0 spiro atoms. The highest BCUT2D eigenvalue weighted by molar-refractivity contribution is 7.89. The van der Waals surface area contributed by atoms with Crippen LogP contribution in [0.3, 0.4) is 0 Å². The number of rotatable bonds is 8. The number of H-pyrrole nitrogens is 1. The van der Waals surface area contributed by atoms with Crippen LogP contribution < -0.4 is 10.0 Å². The molecule has 32 heavy (non-hydrogen) atoms. The molecule has 9 nitrogen and oxygen atoms in total. The van der Waals surface area contributed by atoms with Crippen molar-refractivity contribution < 1.29 is 13.2 Å². The molecule has 0 aliphatic carbocycles.